The van der Waals surface area contributed by atoms with Gasteiger partial charge >= 0.3 is 0 Å². The van der Waals surface area contributed by atoms with Gasteiger partial charge in [-0.1, -0.05) is 32.9 Å². The quantitative estimate of drug-likeness (QED) is 0.483. The number of anilines is 1. The fraction of sp³-hybridized carbons (Fsp3) is 0.393. The Morgan fingerprint density at radius 1 is 1.08 bits per heavy atom. The van der Waals surface area contributed by atoms with Crippen molar-refractivity contribution in [2.75, 3.05) is 44.4 Å². The summed E-state index contributed by atoms with van der Waals surface area (Å²) in [6.07, 6.45) is 0. The molecule has 0 fully saturated rings. The second-order valence-electron chi connectivity index (χ2n) is 10.6. The number of carbonyl (C=O) groups is 2. The summed E-state index contributed by atoms with van der Waals surface area (Å²) in [6.45, 7) is 7.01. The van der Waals surface area contributed by atoms with Crippen LogP contribution in [0.25, 0.3) is 5.69 Å². The number of carbonyl (C=O) groups excluding carboxylic acids is 2. The molecular formula is C28H33F2N5O2S. The van der Waals surface area contributed by atoms with Crippen LogP contribution in [0.2, 0.25) is 0 Å². The SMILES string of the molecule is CN(C)CCNC(=O)CN1C(=O)CS[C@@H](c2ccc(F)cc2)c2c(C(C)(C)C)nn(-c3ccc(F)cc3)c21. The van der Waals surface area contributed by atoms with Gasteiger partial charge in [-0.15, -0.1) is 11.8 Å². The minimum Gasteiger partial charge on any atom is -0.353 e. The van der Waals surface area contributed by atoms with Gasteiger partial charge in [-0.2, -0.15) is 5.10 Å². The van der Waals surface area contributed by atoms with Crippen molar-refractivity contribution in [1.29, 1.82) is 0 Å². The van der Waals surface area contributed by atoms with E-state index in [0.717, 1.165) is 16.8 Å². The maximum atomic E-state index is 13.8. The Balaban J connectivity index is 1.91. The predicted octanol–water partition coefficient (Wildman–Crippen LogP) is 4.30. The molecule has 1 aromatic heterocycles. The van der Waals surface area contributed by atoms with Crippen LogP contribution < -0.4 is 10.2 Å². The van der Waals surface area contributed by atoms with Gasteiger partial charge < -0.3 is 10.2 Å². The molecule has 2 amide bonds. The number of amides is 2. The number of nitrogens with one attached hydrogen (secondary N) is 1. The molecule has 3 aromatic rings. The van der Waals surface area contributed by atoms with Gasteiger partial charge in [0.15, 0.2) is 0 Å². The first kappa shape index (κ1) is 27.8. The zero-order chi connectivity index (χ0) is 27.6. The molecule has 4 rings (SSSR count). The smallest absolute Gasteiger partial charge is 0.240 e. The normalized spacial score (nSPS) is 15.9. The predicted molar refractivity (Wildman–Crippen MR) is 147 cm³/mol. The van der Waals surface area contributed by atoms with Crippen LogP contribution in [0, 0.1) is 11.6 Å². The highest BCUT2D eigenvalue weighted by atomic mass is 32.2. The lowest BCUT2D eigenvalue weighted by atomic mass is 9.87. The van der Waals surface area contributed by atoms with Crippen LogP contribution in [0.1, 0.15) is 42.8 Å². The molecule has 1 atom stereocenters. The lowest BCUT2D eigenvalue weighted by Crippen LogP contribution is -2.43. The first-order valence-electron chi connectivity index (χ1n) is 12.4. The van der Waals surface area contributed by atoms with Gasteiger partial charge in [-0.05, 0) is 56.1 Å². The van der Waals surface area contributed by atoms with E-state index in [-0.39, 0.29) is 35.2 Å². The standard InChI is InChI=1S/C28H33F2N5O2S/c1-28(2,3)26-24-25(18-6-8-19(29)9-7-18)38-17-23(37)34(16-22(36)31-14-15-33(4)5)27(24)35(32-26)21-12-10-20(30)11-13-21/h6-13,25H,14-17H2,1-5H3,(H,31,36)/t25-/m0/s1. The zero-order valence-corrected chi connectivity index (χ0v) is 23.1. The number of thioether (sulfide) groups is 1. The third-order valence-electron chi connectivity index (χ3n) is 6.23. The molecule has 1 aliphatic rings. The number of benzene rings is 2. The second kappa shape index (κ2) is 11.2. The number of rotatable bonds is 7. The van der Waals surface area contributed by atoms with Gasteiger partial charge in [0, 0.05) is 24.1 Å². The minimum atomic E-state index is -0.429. The van der Waals surface area contributed by atoms with Crippen LogP contribution in [0.3, 0.4) is 0 Å². The Morgan fingerprint density at radius 2 is 1.68 bits per heavy atom. The molecule has 0 saturated carbocycles. The molecule has 0 bridgehead atoms. The minimum absolute atomic E-state index is 0.120. The summed E-state index contributed by atoms with van der Waals surface area (Å²) in [7, 11) is 3.83. The lowest BCUT2D eigenvalue weighted by Gasteiger charge is -2.24. The fourth-order valence-corrected chi connectivity index (χ4v) is 5.55. The number of nitrogens with zero attached hydrogens (tertiary/aromatic N) is 4. The maximum absolute atomic E-state index is 13.8. The van der Waals surface area contributed by atoms with Gasteiger partial charge in [0.05, 0.1) is 22.4 Å². The molecule has 7 nitrogen and oxygen atoms in total. The van der Waals surface area contributed by atoms with Crippen molar-refractivity contribution >= 4 is 29.4 Å². The van der Waals surface area contributed by atoms with E-state index in [1.165, 1.54) is 40.9 Å². The Morgan fingerprint density at radius 3 is 2.26 bits per heavy atom. The topological polar surface area (TPSA) is 70.5 Å². The molecule has 0 unspecified atom stereocenters. The van der Waals surface area contributed by atoms with Crippen molar-refractivity contribution in [2.45, 2.75) is 31.4 Å². The van der Waals surface area contributed by atoms with E-state index in [1.54, 1.807) is 28.9 Å². The molecule has 202 valence electrons. The first-order valence-corrected chi connectivity index (χ1v) is 13.5. The Labute approximate surface area is 226 Å². The first-order chi connectivity index (χ1) is 18.0. The molecule has 0 aliphatic carbocycles. The van der Waals surface area contributed by atoms with Crippen molar-refractivity contribution in [3.8, 4) is 5.69 Å². The van der Waals surface area contributed by atoms with Crippen molar-refractivity contribution < 1.29 is 18.4 Å². The van der Waals surface area contributed by atoms with E-state index >= 15 is 0 Å². The molecule has 2 aromatic carbocycles. The van der Waals surface area contributed by atoms with Gasteiger partial charge in [-0.3, -0.25) is 14.5 Å². The lowest BCUT2D eigenvalue weighted by molar-refractivity contribution is -0.122. The highest BCUT2D eigenvalue weighted by Crippen LogP contribution is 2.48. The number of halogens is 2. The Hall–Kier alpha value is -3.24. The molecule has 1 N–H and O–H groups in total. The summed E-state index contributed by atoms with van der Waals surface area (Å²) in [5.74, 6) is -0.690. The Bertz CT molecular complexity index is 1300. The van der Waals surface area contributed by atoms with Crippen LogP contribution in [0.4, 0.5) is 14.6 Å². The monoisotopic (exact) mass is 541 g/mol. The average molecular weight is 542 g/mol. The highest BCUT2D eigenvalue weighted by Gasteiger charge is 2.39. The van der Waals surface area contributed by atoms with Crippen LogP contribution >= 0.6 is 11.8 Å². The van der Waals surface area contributed by atoms with Crippen molar-refractivity contribution in [2.24, 2.45) is 0 Å². The van der Waals surface area contributed by atoms with Gasteiger partial charge in [0.2, 0.25) is 11.8 Å². The Kier molecular flexibility index (Phi) is 8.22. The number of hydrogen-bond acceptors (Lipinski definition) is 5. The largest absolute Gasteiger partial charge is 0.353 e. The third-order valence-corrected chi connectivity index (χ3v) is 7.48. The van der Waals surface area contributed by atoms with Crippen LogP contribution in [0.15, 0.2) is 48.5 Å². The highest BCUT2D eigenvalue weighted by molar-refractivity contribution is 8.00. The second-order valence-corrected chi connectivity index (χ2v) is 11.7. The summed E-state index contributed by atoms with van der Waals surface area (Å²) >= 11 is 1.42. The molecule has 38 heavy (non-hydrogen) atoms. The average Bonchev–Trinajstić information content (AvgIpc) is 3.18. The summed E-state index contributed by atoms with van der Waals surface area (Å²) in [5.41, 5.74) is 2.48. The van der Waals surface area contributed by atoms with Crippen LogP contribution in [-0.4, -0.2) is 66.0 Å². The number of likely N-dealkylation sites (N-methyl/N-ethyl adjacent to an activating group) is 1. The van der Waals surface area contributed by atoms with E-state index in [9.17, 15) is 18.4 Å². The number of fused-ring (bicyclic) bond motifs is 1. The van der Waals surface area contributed by atoms with Crippen molar-refractivity contribution in [3.05, 3.63) is 77.0 Å². The van der Waals surface area contributed by atoms with Gasteiger partial charge in [-0.25, -0.2) is 13.5 Å². The summed E-state index contributed by atoms with van der Waals surface area (Å²) in [4.78, 5) is 30.0. The van der Waals surface area contributed by atoms with E-state index in [0.29, 0.717) is 24.6 Å². The van der Waals surface area contributed by atoms with E-state index in [2.05, 4.69) is 5.32 Å². The zero-order valence-electron chi connectivity index (χ0n) is 22.3. The van der Waals surface area contributed by atoms with Crippen LogP contribution in [-0.2, 0) is 15.0 Å². The molecular weight excluding hydrogens is 508 g/mol. The van der Waals surface area contributed by atoms with E-state index in [4.69, 9.17) is 5.10 Å². The summed E-state index contributed by atoms with van der Waals surface area (Å²) < 4.78 is 29.3. The molecule has 1 aliphatic heterocycles. The molecule has 10 heteroatoms. The number of aromatic nitrogens is 2. The summed E-state index contributed by atoms with van der Waals surface area (Å²) in [6, 6.07) is 12.1. The maximum Gasteiger partial charge on any atom is 0.240 e. The van der Waals surface area contributed by atoms with Crippen LogP contribution in [0.5, 0.6) is 0 Å². The third kappa shape index (κ3) is 6.07. The fourth-order valence-electron chi connectivity index (χ4n) is 4.35. The van der Waals surface area contributed by atoms with E-state index in [1.807, 2.05) is 39.8 Å². The molecule has 0 saturated heterocycles. The molecule has 0 spiro atoms. The summed E-state index contributed by atoms with van der Waals surface area (Å²) in [5, 5.41) is 7.50. The van der Waals surface area contributed by atoms with Crippen molar-refractivity contribution in [1.82, 2.24) is 20.0 Å². The molecule has 2 heterocycles. The van der Waals surface area contributed by atoms with Gasteiger partial charge in [0.1, 0.15) is 24.0 Å². The number of hydrogen-bond donors (Lipinski definition) is 1. The van der Waals surface area contributed by atoms with Crippen molar-refractivity contribution in [3.63, 3.8) is 0 Å². The molecule has 0 radical (unpaired) electrons. The van der Waals surface area contributed by atoms with Gasteiger partial charge in [0.25, 0.3) is 0 Å². The van der Waals surface area contributed by atoms with E-state index < -0.39 is 11.2 Å².